The molecule has 5 heteroatoms. The zero-order valence-electron chi connectivity index (χ0n) is 11.4. The van der Waals surface area contributed by atoms with E-state index in [1.54, 1.807) is 12.4 Å². The summed E-state index contributed by atoms with van der Waals surface area (Å²) >= 11 is 12.6. The molecular formula is C15H16Cl2N2O. The van der Waals surface area contributed by atoms with Crippen LogP contribution in [0.4, 0.5) is 0 Å². The quantitative estimate of drug-likeness (QED) is 0.903. The van der Waals surface area contributed by atoms with Crippen molar-refractivity contribution in [2.75, 3.05) is 13.7 Å². The highest BCUT2D eigenvalue weighted by Gasteiger charge is 2.19. The lowest BCUT2D eigenvalue weighted by atomic mass is 10.00. The first-order valence-corrected chi connectivity index (χ1v) is 7.11. The fourth-order valence-electron chi connectivity index (χ4n) is 2.10. The lowest BCUT2D eigenvalue weighted by molar-refractivity contribution is 0.338. The third-order valence-electron chi connectivity index (χ3n) is 2.96. The summed E-state index contributed by atoms with van der Waals surface area (Å²) in [6.45, 7) is 2.54. The van der Waals surface area contributed by atoms with Crippen LogP contribution in [-0.4, -0.2) is 18.6 Å². The summed E-state index contributed by atoms with van der Waals surface area (Å²) in [6, 6.07) is 7.29. The van der Waals surface area contributed by atoms with Gasteiger partial charge in [-0.25, -0.2) is 0 Å². The molecule has 2 aromatic rings. The average Bonchev–Trinajstić information content (AvgIpc) is 2.44. The zero-order chi connectivity index (χ0) is 14.5. The van der Waals surface area contributed by atoms with Crippen molar-refractivity contribution in [1.82, 2.24) is 10.3 Å². The normalized spacial score (nSPS) is 12.2. The number of nitrogens with zero attached hydrogens (tertiary/aromatic N) is 1. The van der Waals surface area contributed by atoms with Gasteiger partial charge in [0.1, 0.15) is 5.75 Å². The second-order valence-electron chi connectivity index (χ2n) is 4.24. The Kier molecular flexibility index (Phi) is 5.24. The third-order valence-corrected chi connectivity index (χ3v) is 3.61. The van der Waals surface area contributed by atoms with Crippen molar-refractivity contribution >= 4 is 23.2 Å². The molecule has 0 aliphatic rings. The van der Waals surface area contributed by atoms with E-state index in [-0.39, 0.29) is 6.04 Å². The maximum absolute atomic E-state index is 6.28. The Morgan fingerprint density at radius 1 is 1.25 bits per heavy atom. The number of hydrogen-bond donors (Lipinski definition) is 1. The number of pyridine rings is 1. The van der Waals surface area contributed by atoms with Crippen LogP contribution in [0.1, 0.15) is 24.1 Å². The summed E-state index contributed by atoms with van der Waals surface area (Å²) in [5, 5.41) is 4.47. The van der Waals surface area contributed by atoms with Gasteiger partial charge in [0, 0.05) is 21.8 Å². The first kappa shape index (κ1) is 15.1. The minimum absolute atomic E-state index is 0.135. The summed E-state index contributed by atoms with van der Waals surface area (Å²) in [5.74, 6) is 0.730. The van der Waals surface area contributed by atoms with Crippen LogP contribution in [0.3, 0.4) is 0 Å². The summed E-state index contributed by atoms with van der Waals surface area (Å²) in [7, 11) is 1.86. The maximum atomic E-state index is 6.28. The Morgan fingerprint density at radius 3 is 2.55 bits per heavy atom. The SMILES string of the molecule is CCOc1cncc(C(NC)c2c(Cl)cccc2Cl)c1. The molecule has 0 saturated carbocycles. The lowest BCUT2D eigenvalue weighted by Crippen LogP contribution is -2.19. The molecule has 3 nitrogen and oxygen atoms in total. The van der Waals surface area contributed by atoms with Crippen LogP contribution in [0.5, 0.6) is 5.75 Å². The van der Waals surface area contributed by atoms with Gasteiger partial charge in [0.2, 0.25) is 0 Å². The zero-order valence-corrected chi connectivity index (χ0v) is 12.9. The van der Waals surface area contributed by atoms with E-state index in [4.69, 9.17) is 27.9 Å². The molecule has 0 aliphatic heterocycles. The van der Waals surface area contributed by atoms with Gasteiger partial charge in [-0.15, -0.1) is 0 Å². The highest BCUT2D eigenvalue weighted by atomic mass is 35.5. The van der Waals surface area contributed by atoms with E-state index in [1.807, 2.05) is 38.2 Å². The number of benzene rings is 1. The largest absolute Gasteiger partial charge is 0.492 e. The number of nitrogens with one attached hydrogen (secondary N) is 1. The van der Waals surface area contributed by atoms with Gasteiger partial charge in [-0.2, -0.15) is 0 Å². The topological polar surface area (TPSA) is 34.1 Å². The van der Waals surface area contributed by atoms with E-state index < -0.39 is 0 Å². The summed E-state index contributed by atoms with van der Waals surface area (Å²) in [4.78, 5) is 4.21. The monoisotopic (exact) mass is 310 g/mol. The minimum atomic E-state index is -0.135. The molecule has 1 heterocycles. The first-order chi connectivity index (χ1) is 9.67. The van der Waals surface area contributed by atoms with Gasteiger partial charge in [-0.1, -0.05) is 29.3 Å². The second kappa shape index (κ2) is 6.93. The second-order valence-corrected chi connectivity index (χ2v) is 5.06. The van der Waals surface area contributed by atoms with E-state index in [0.717, 1.165) is 16.9 Å². The van der Waals surface area contributed by atoms with E-state index >= 15 is 0 Å². The molecular weight excluding hydrogens is 295 g/mol. The lowest BCUT2D eigenvalue weighted by Gasteiger charge is -2.20. The van der Waals surface area contributed by atoms with Crippen molar-refractivity contribution in [2.45, 2.75) is 13.0 Å². The van der Waals surface area contributed by atoms with Crippen LogP contribution < -0.4 is 10.1 Å². The standard InChI is InChI=1S/C15H16Cl2N2O/c1-3-20-11-7-10(8-19-9-11)15(18-2)14-12(16)5-4-6-13(14)17/h4-9,15,18H,3H2,1-2H3. The Bertz CT molecular complexity index is 570. The summed E-state index contributed by atoms with van der Waals surface area (Å²) in [5.41, 5.74) is 1.79. The molecule has 106 valence electrons. The third kappa shape index (κ3) is 3.23. The van der Waals surface area contributed by atoms with Crippen LogP contribution in [0.25, 0.3) is 0 Å². The van der Waals surface area contributed by atoms with Crippen LogP contribution in [-0.2, 0) is 0 Å². The Balaban J connectivity index is 2.44. The van der Waals surface area contributed by atoms with Gasteiger partial charge in [0.25, 0.3) is 0 Å². The van der Waals surface area contributed by atoms with E-state index in [2.05, 4.69) is 10.3 Å². The van der Waals surface area contributed by atoms with E-state index in [1.165, 1.54) is 0 Å². The average molecular weight is 311 g/mol. The van der Waals surface area contributed by atoms with Crippen LogP contribution >= 0.6 is 23.2 Å². The van der Waals surface area contributed by atoms with E-state index in [0.29, 0.717) is 16.7 Å². The Morgan fingerprint density at radius 2 is 1.95 bits per heavy atom. The molecule has 1 atom stereocenters. The van der Waals surface area contributed by atoms with Gasteiger partial charge >= 0.3 is 0 Å². The van der Waals surface area contributed by atoms with Gasteiger partial charge in [-0.3, -0.25) is 4.98 Å². The number of rotatable bonds is 5. The highest BCUT2D eigenvalue weighted by molar-refractivity contribution is 6.36. The first-order valence-electron chi connectivity index (χ1n) is 6.36. The van der Waals surface area contributed by atoms with Crippen LogP contribution in [0, 0.1) is 0 Å². The van der Waals surface area contributed by atoms with Crippen molar-refractivity contribution in [3.63, 3.8) is 0 Å². The molecule has 0 spiro atoms. The molecule has 0 bridgehead atoms. The Labute approximate surface area is 128 Å². The fraction of sp³-hybridized carbons (Fsp3) is 0.267. The molecule has 2 rings (SSSR count). The fourth-order valence-corrected chi connectivity index (χ4v) is 2.72. The molecule has 1 unspecified atom stereocenters. The number of aromatic nitrogens is 1. The van der Waals surface area contributed by atoms with E-state index in [9.17, 15) is 0 Å². The smallest absolute Gasteiger partial charge is 0.137 e. The molecule has 0 amide bonds. The number of ether oxygens (including phenoxy) is 1. The molecule has 0 fully saturated rings. The molecule has 0 radical (unpaired) electrons. The predicted octanol–water partition coefficient (Wildman–Crippen LogP) is 4.10. The molecule has 1 aromatic carbocycles. The number of hydrogen-bond acceptors (Lipinski definition) is 3. The van der Waals surface area contributed by atoms with Gasteiger partial charge in [0.15, 0.2) is 0 Å². The summed E-state index contributed by atoms with van der Waals surface area (Å²) < 4.78 is 5.48. The van der Waals surface area contributed by atoms with Crippen molar-refractivity contribution in [3.05, 3.63) is 57.8 Å². The minimum Gasteiger partial charge on any atom is -0.492 e. The van der Waals surface area contributed by atoms with Crippen molar-refractivity contribution in [1.29, 1.82) is 0 Å². The van der Waals surface area contributed by atoms with Crippen LogP contribution in [0.15, 0.2) is 36.7 Å². The van der Waals surface area contributed by atoms with Crippen molar-refractivity contribution in [3.8, 4) is 5.75 Å². The Hall–Kier alpha value is -1.29. The predicted molar refractivity (Wildman–Crippen MR) is 82.8 cm³/mol. The summed E-state index contributed by atoms with van der Waals surface area (Å²) in [6.07, 6.45) is 3.47. The van der Waals surface area contributed by atoms with Gasteiger partial charge < -0.3 is 10.1 Å². The van der Waals surface area contributed by atoms with Crippen molar-refractivity contribution < 1.29 is 4.74 Å². The van der Waals surface area contributed by atoms with Crippen molar-refractivity contribution in [2.24, 2.45) is 0 Å². The van der Waals surface area contributed by atoms with Crippen LogP contribution in [0.2, 0.25) is 10.0 Å². The maximum Gasteiger partial charge on any atom is 0.137 e. The van der Waals surface area contributed by atoms with Gasteiger partial charge in [0.05, 0.1) is 18.8 Å². The highest BCUT2D eigenvalue weighted by Crippen LogP contribution is 2.34. The molecule has 0 aliphatic carbocycles. The molecule has 1 N–H and O–H groups in total. The van der Waals surface area contributed by atoms with Gasteiger partial charge in [-0.05, 0) is 37.7 Å². The molecule has 1 aromatic heterocycles. The molecule has 0 saturated heterocycles. The number of halogens is 2. The molecule has 20 heavy (non-hydrogen) atoms.